The zero-order valence-corrected chi connectivity index (χ0v) is 6.79. The van der Waals surface area contributed by atoms with Crippen LogP contribution in [0.3, 0.4) is 0 Å². The van der Waals surface area contributed by atoms with Gasteiger partial charge in [-0.1, -0.05) is 25.2 Å². The monoisotopic (exact) mass is 143 g/mol. The molecule has 0 aromatic rings. The van der Waals surface area contributed by atoms with Crippen molar-refractivity contribution in [2.45, 2.75) is 13.3 Å². The van der Waals surface area contributed by atoms with Crippen LogP contribution in [0.4, 0.5) is 0 Å². The molecule has 0 heterocycles. The molecule has 0 spiro atoms. The lowest BCUT2D eigenvalue weighted by atomic mass is 10.1. The number of hydrogen-bond donors (Lipinski definition) is 1. The third-order valence-electron chi connectivity index (χ3n) is 1.31. The Labute approximate surface area is 62.1 Å². The standard InChI is InChI=1S/C7H13NS/c1-4-6(5-2)7(9)8-3/h4,6H,1,5H2,2-3H3,(H,8,9). The summed E-state index contributed by atoms with van der Waals surface area (Å²) in [5.74, 6) is 0.352. The Morgan fingerprint density at radius 3 is 2.56 bits per heavy atom. The highest BCUT2D eigenvalue weighted by Gasteiger charge is 2.03. The fourth-order valence-electron chi connectivity index (χ4n) is 0.644. The van der Waals surface area contributed by atoms with Gasteiger partial charge in [-0.3, -0.25) is 0 Å². The van der Waals surface area contributed by atoms with Crippen LogP contribution in [0, 0.1) is 5.92 Å². The molecule has 0 aromatic carbocycles. The minimum Gasteiger partial charge on any atom is -0.382 e. The molecular weight excluding hydrogens is 130 g/mol. The minimum absolute atomic E-state index is 0.352. The van der Waals surface area contributed by atoms with Gasteiger partial charge in [0.05, 0.1) is 4.99 Å². The number of thiocarbonyl (C=S) groups is 1. The highest BCUT2D eigenvalue weighted by molar-refractivity contribution is 7.80. The second kappa shape index (κ2) is 4.50. The molecule has 1 N–H and O–H groups in total. The van der Waals surface area contributed by atoms with E-state index >= 15 is 0 Å². The first kappa shape index (κ1) is 8.63. The molecule has 0 aliphatic rings. The zero-order chi connectivity index (χ0) is 7.28. The molecule has 0 aromatic heterocycles. The predicted molar refractivity (Wildman–Crippen MR) is 45.6 cm³/mol. The van der Waals surface area contributed by atoms with Crippen LogP contribution in [0.15, 0.2) is 12.7 Å². The smallest absolute Gasteiger partial charge is 0.0820 e. The predicted octanol–water partition coefficient (Wildman–Crippen LogP) is 1.75. The van der Waals surface area contributed by atoms with Gasteiger partial charge in [-0.15, -0.1) is 6.58 Å². The molecule has 2 heteroatoms. The van der Waals surface area contributed by atoms with E-state index in [1.54, 1.807) is 0 Å². The van der Waals surface area contributed by atoms with Gasteiger partial charge in [0.2, 0.25) is 0 Å². The summed E-state index contributed by atoms with van der Waals surface area (Å²) in [5.41, 5.74) is 0. The van der Waals surface area contributed by atoms with Gasteiger partial charge in [-0.2, -0.15) is 0 Å². The highest BCUT2D eigenvalue weighted by Crippen LogP contribution is 2.03. The normalized spacial score (nSPS) is 12.2. The Morgan fingerprint density at radius 1 is 1.89 bits per heavy atom. The molecule has 1 unspecified atom stereocenters. The number of nitrogens with one attached hydrogen (secondary N) is 1. The molecule has 1 atom stereocenters. The minimum atomic E-state index is 0.352. The molecule has 0 fully saturated rings. The summed E-state index contributed by atoms with van der Waals surface area (Å²) in [7, 11) is 1.84. The molecule has 0 amide bonds. The van der Waals surface area contributed by atoms with E-state index in [9.17, 15) is 0 Å². The number of hydrogen-bond acceptors (Lipinski definition) is 1. The van der Waals surface area contributed by atoms with Crippen LogP contribution in [-0.4, -0.2) is 12.0 Å². The molecule has 0 rings (SSSR count). The molecular formula is C7H13NS. The lowest BCUT2D eigenvalue weighted by Gasteiger charge is -2.09. The van der Waals surface area contributed by atoms with Crippen molar-refractivity contribution in [3.05, 3.63) is 12.7 Å². The third-order valence-corrected chi connectivity index (χ3v) is 1.81. The summed E-state index contributed by atoms with van der Waals surface area (Å²) in [4.78, 5) is 0.882. The summed E-state index contributed by atoms with van der Waals surface area (Å²) in [6, 6.07) is 0. The van der Waals surface area contributed by atoms with Gasteiger partial charge in [0.25, 0.3) is 0 Å². The topological polar surface area (TPSA) is 12.0 Å². The largest absolute Gasteiger partial charge is 0.382 e. The maximum absolute atomic E-state index is 4.99. The van der Waals surface area contributed by atoms with E-state index in [0.29, 0.717) is 5.92 Å². The Kier molecular flexibility index (Phi) is 4.32. The molecule has 1 nitrogen and oxygen atoms in total. The van der Waals surface area contributed by atoms with Crippen molar-refractivity contribution in [3.63, 3.8) is 0 Å². The summed E-state index contributed by atoms with van der Waals surface area (Å²) in [5, 5.41) is 2.93. The molecule has 0 saturated heterocycles. The Bertz CT molecular complexity index is 109. The fraction of sp³-hybridized carbons (Fsp3) is 0.571. The van der Waals surface area contributed by atoms with Gasteiger partial charge in [-0.25, -0.2) is 0 Å². The van der Waals surface area contributed by atoms with E-state index in [0.717, 1.165) is 11.4 Å². The van der Waals surface area contributed by atoms with Crippen molar-refractivity contribution in [2.75, 3.05) is 7.05 Å². The molecule has 0 radical (unpaired) electrons. The van der Waals surface area contributed by atoms with Crippen LogP contribution in [0.2, 0.25) is 0 Å². The second-order valence-electron chi connectivity index (χ2n) is 1.86. The van der Waals surface area contributed by atoms with E-state index in [1.807, 2.05) is 13.1 Å². The van der Waals surface area contributed by atoms with Crippen molar-refractivity contribution in [3.8, 4) is 0 Å². The second-order valence-corrected chi connectivity index (χ2v) is 2.30. The van der Waals surface area contributed by atoms with Crippen molar-refractivity contribution >= 4 is 17.2 Å². The van der Waals surface area contributed by atoms with Crippen LogP contribution in [0.5, 0.6) is 0 Å². The van der Waals surface area contributed by atoms with Gasteiger partial charge in [0.15, 0.2) is 0 Å². The number of rotatable bonds is 3. The Morgan fingerprint density at radius 2 is 2.44 bits per heavy atom. The van der Waals surface area contributed by atoms with E-state index in [4.69, 9.17) is 12.2 Å². The van der Waals surface area contributed by atoms with Crippen LogP contribution in [-0.2, 0) is 0 Å². The SMILES string of the molecule is C=CC(CC)C(=S)NC. The van der Waals surface area contributed by atoms with Gasteiger partial charge >= 0.3 is 0 Å². The van der Waals surface area contributed by atoms with Crippen molar-refractivity contribution < 1.29 is 0 Å². The van der Waals surface area contributed by atoms with Crippen molar-refractivity contribution in [1.82, 2.24) is 5.32 Å². The van der Waals surface area contributed by atoms with Gasteiger partial charge in [-0.05, 0) is 6.42 Å². The molecule has 0 saturated carbocycles. The first-order chi connectivity index (χ1) is 4.26. The van der Waals surface area contributed by atoms with E-state index < -0.39 is 0 Å². The van der Waals surface area contributed by atoms with Gasteiger partial charge in [0.1, 0.15) is 0 Å². The van der Waals surface area contributed by atoms with E-state index in [1.165, 1.54) is 0 Å². The Hall–Kier alpha value is -0.370. The first-order valence-electron chi connectivity index (χ1n) is 3.10. The summed E-state index contributed by atoms with van der Waals surface area (Å²) in [6.07, 6.45) is 2.90. The summed E-state index contributed by atoms with van der Waals surface area (Å²) >= 11 is 4.99. The quantitative estimate of drug-likeness (QED) is 0.477. The average molecular weight is 143 g/mol. The maximum atomic E-state index is 4.99. The lowest BCUT2D eigenvalue weighted by molar-refractivity contribution is 0.803. The highest BCUT2D eigenvalue weighted by atomic mass is 32.1. The maximum Gasteiger partial charge on any atom is 0.0820 e. The lowest BCUT2D eigenvalue weighted by Crippen LogP contribution is -2.23. The van der Waals surface area contributed by atoms with Crippen LogP contribution in [0.25, 0.3) is 0 Å². The van der Waals surface area contributed by atoms with Crippen LogP contribution < -0.4 is 5.32 Å². The molecule has 0 aliphatic carbocycles. The Balaban J connectivity index is 3.78. The van der Waals surface area contributed by atoms with E-state index in [2.05, 4.69) is 18.8 Å². The van der Waals surface area contributed by atoms with Gasteiger partial charge < -0.3 is 5.32 Å². The fourth-order valence-corrected chi connectivity index (χ4v) is 0.907. The third kappa shape index (κ3) is 2.61. The zero-order valence-electron chi connectivity index (χ0n) is 5.98. The van der Waals surface area contributed by atoms with E-state index in [-0.39, 0.29) is 0 Å². The average Bonchev–Trinajstić information content (AvgIpc) is 1.90. The van der Waals surface area contributed by atoms with Crippen molar-refractivity contribution in [2.24, 2.45) is 5.92 Å². The summed E-state index contributed by atoms with van der Waals surface area (Å²) < 4.78 is 0. The van der Waals surface area contributed by atoms with Gasteiger partial charge in [0, 0.05) is 13.0 Å². The first-order valence-corrected chi connectivity index (χ1v) is 3.51. The van der Waals surface area contributed by atoms with Crippen LogP contribution in [0.1, 0.15) is 13.3 Å². The molecule has 52 valence electrons. The summed E-state index contributed by atoms with van der Waals surface area (Å²) in [6.45, 7) is 5.77. The van der Waals surface area contributed by atoms with Crippen LogP contribution >= 0.6 is 12.2 Å². The molecule has 0 aliphatic heterocycles. The van der Waals surface area contributed by atoms with Crippen molar-refractivity contribution in [1.29, 1.82) is 0 Å². The molecule has 0 bridgehead atoms. The molecule has 9 heavy (non-hydrogen) atoms.